The molecule has 2 aromatic heterocycles. The Morgan fingerprint density at radius 2 is 2.07 bits per heavy atom. The third-order valence-corrected chi connectivity index (χ3v) is 6.62. The van der Waals surface area contributed by atoms with Gasteiger partial charge in [-0.05, 0) is 43.5 Å². The number of benzene rings is 1. The summed E-state index contributed by atoms with van der Waals surface area (Å²) >= 11 is 0. The van der Waals surface area contributed by atoms with Gasteiger partial charge in [-0.1, -0.05) is 0 Å². The lowest BCUT2D eigenvalue weighted by Crippen LogP contribution is -2.21. The SMILES string of the molecule is CCn1cc(CN2C[C@@H](COC)[C@H](c3nc(C4CC4)n[nH]3)C2)c2cc(OC)ccc21. The van der Waals surface area contributed by atoms with Gasteiger partial charge in [-0.25, -0.2) is 4.98 Å². The number of aromatic nitrogens is 4. The van der Waals surface area contributed by atoms with Gasteiger partial charge in [0.1, 0.15) is 11.6 Å². The van der Waals surface area contributed by atoms with Crippen LogP contribution in [0.1, 0.15) is 48.8 Å². The molecule has 0 bridgehead atoms. The molecule has 1 saturated carbocycles. The zero-order valence-electron chi connectivity index (χ0n) is 18.1. The predicted octanol–water partition coefficient (Wildman–Crippen LogP) is 3.53. The highest BCUT2D eigenvalue weighted by Gasteiger charge is 2.37. The summed E-state index contributed by atoms with van der Waals surface area (Å²) in [6.07, 6.45) is 4.74. The van der Waals surface area contributed by atoms with E-state index in [1.807, 2.05) is 6.07 Å². The van der Waals surface area contributed by atoms with Crippen molar-refractivity contribution in [1.82, 2.24) is 24.6 Å². The minimum atomic E-state index is 0.332. The third kappa shape index (κ3) is 3.61. The van der Waals surface area contributed by atoms with Crippen molar-refractivity contribution >= 4 is 10.9 Å². The summed E-state index contributed by atoms with van der Waals surface area (Å²) in [5.74, 6) is 4.26. The average molecular weight is 410 g/mol. The monoisotopic (exact) mass is 409 g/mol. The van der Waals surface area contributed by atoms with Crippen LogP contribution in [0.25, 0.3) is 10.9 Å². The molecule has 0 radical (unpaired) electrons. The maximum absolute atomic E-state index is 5.56. The summed E-state index contributed by atoms with van der Waals surface area (Å²) in [6.45, 7) is 6.77. The van der Waals surface area contributed by atoms with Crippen molar-refractivity contribution in [3.05, 3.63) is 41.6 Å². The molecule has 5 rings (SSSR count). The lowest BCUT2D eigenvalue weighted by molar-refractivity contribution is 0.146. The van der Waals surface area contributed by atoms with E-state index in [0.29, 0.717) is 17.8 Å². The lowest BCUT2D eigenvalue weighted by Gasteiger charge is -2.15. The van der Waals surface area contributed by atoms with E-state index in [1.54, 1.807) is 14.2 Å². The van der Waals surface area contributed by atoms with E-state index in [4.69, 9.17) is 14.5 Å². The fourth-order valence-electron chi connectivity index (χ4n) is 4.87. The smallest absolute Gasteiger partial charge is 0.153 e. The highest BCUT2D eigenvalue weighted by atomic mass is 16.5. The van der Waals surface area contributed by atoms with Gasteiger partial charge in [0.05, 0.1) is 13.7 Å². The summed E-state index contributed by atoms with van der Waals surface area (Å²) in [7, 11) is 3.52. The van der Waals surface area contributed by atoms with Crippen molar-refractivity contribution in [3.63, 3.8) is 0 Å². The van der Waals surface area contributed by atoms with E-state index in [9.17, 15) is 0 Å². The molecule has 1 N–H and O–H groups in total. The summed E-state index contributed by atoms with van der Waals surface area (Å²) in [5, 5.41) is 9.00. The minimum Gasteiger partial charge on any atom is -0.497 e. The van der Waals surface area contributed by atoms with Gasteiger partial charge in [-0.2, -0.15) is 5.10 Å². The fourth-order valence-corrected chi connectivity index (χ4v) is 4.87. The number of hydrogen-bond donors (Lipinski definition) is 1. The molecule has 1 saturated heterocycles. The molecule has 3 heterocycles. The molecule has 7 nitrogen and oxygen atoms in total. The molecule has 2 fully saturated rings. The van der Waals surface area contributed by atoms with Crippen LogP contribution in [0.5, 0.6) is 5.75 Å². The lowest BCUT2D eigenvalue weighted by atomic mass is 9.96. The topological polar surface area (TPSA) is 68.2 Å². The Bertz CT molecular complexity index is 1020. The zero-order chi connectivity index (χ0) is 20.7. The van der Waals surface area contributed by atoms with Crippen molar-refractivity contribution in [2.24, 2.45) is 5.92 Å². The molecule has 0 spiro atoms. The number of nitrogens with zero attached hydrogens (tertiary/aromatic N) is 4. The van der Waals surface area contributed by atoms with Crippen LogP contribution < -0.4 is 4.74 Å². The Hall–Kier alpha value is -2.38. The van der Waals surface area contributed by atoms with E-state index in [0.717, 1.165) is 50.2 Å². The maximum Gasteiger partial charge on any atom is 0.153 e. The van der Waals surface area contributed by atoms with Crippen molar-refractivity contribution in [1.29, 1.82) is 0 Å². The van der Waals surface area contributed by atoms with Crippen molar-refractivity contribution in [2.75, 3.05) is 33.9 Å². The molecule has 30 heavy (non-hydrogen) atoms. The Morgan fingerprint density at radius 1 is 1.20 bits per heavy atom. The first-order valence-corrected chi connectivity index (χ1v) is 11.0. The minimum absolute atomic E-state index is 0.332. The average Bonchev–Trinajstić information content (AvgIpc) is 3.21. The molecular formula is C23H31N5O2. The van der Waals surface area contributed by atoms with Crippen molar-refractivity contribution < 1.29 is 9.47 Å². The first-order chi connectivity index (χ1) is 14.7. The van der Waals surface area contributed by atoms with E-state index >= 15 is 0 Å². The molecule has 3 aromatic rings. The number of fused-ring (bicyclic) bond motifs is 1. The van der Waals surface area contributed by atoms with Crippen LogP contribution in [-0.4, -0.2) is 58.6 Å². The molecule has 7 heteroatoms. The molecule has 1 aromatic carbocycles. The summed E-state index contributed by atoms with van der Waals surface area (Å²) < 4.78 is 13.4. The van der Waals surface area contributed by atoms with Gasteiger partial charge in [-0.3, -0.25) is 10.00 Å². The predicted molar refractivity (Wildman–Crippen MR) is 116 cm³/mol. The fraction of sp³-hybridized carbons (Fsp3) is 0.565. The number of hydrogen-bond acceptors (Lipinski definition) is 5. The number of likely N-dealkylation sites (tertiary alicyclic amines) is 1. The first-order valence-electron chi connectivity index (χ1n) is 11.0. The number of aryl methyl sites for hydroxylation is 1. The summed E-state index contributed by atoms with van der Waals surface area (Å²) in [4.78, 5) is 7.38. The van der Waals surface area contributed by atoms with E-state index in [1.165, 1.54) is 29.3 Å². The van der Waals surface area contributed by atoms with Crippen LogP contribution in [0, 0.1) is 5.92 Å². The number of nitrogens with one attached hydrogen (secondary N) is 1. The number of rotatable bonds is 8. The largest absolute Gasteiger partial charge is 0.497 e. The van der Waals surface area contributed by atoms with E-state index in [-0.39, 0.29) is 0 Å². The third-order valence-electron chi connectivity index (χ3n) is 6.62. The van der Waals surface area contributed by atoms with Gasteiger partial charge < -0.3 is 14.0 Å². The second-order valence-corrected chi connectivity index (χ2v) is 8.69. The van der Waals surface area contributed by atoms with Crippen LogP contribution in [0.15, 0.2) is 24.4 Å². The van der Waals surface area contributed by atoms with Crippen LogP contribution in [-0.2, 0) is 17.8 Å². The number of ether oxygens (including phenoxy) is 2. The summed E-state index contributed by atoms with van der Waals surface area (Å²) in [6, 6.07) is 6.37. The van der Waals surface area contributed by atoms with Gasteiger partial charge in [0.15, 0.2) is 5.82 Å². The van der Waals surface area contributed by atoms with Crippen LogP contribution in [0.3, 0.4) is 0 Å². The van der Waals surface area contributed by atoms with E-state index in [2.05, 4.69) is 44.9 Å². The summed E-state index contributed by atoms with van der Waals surface area (Å²) in [5.41, 5.74) is 2.61. The molecule has 1 aliphatic heterocycles. The van der Waals surface area contributed by atoms with Gasteiger partial charge in [0.2, 0.25) is 0 Å². The second-order valence-electron chi connectivity index (χ2n) is 8.69. The normalized spacial score (nSPS) is 22.2. The second kappa shape index (κ2) is 8.04. The van der Waals surface area contributed by atoms with Crippen LogP contribution >= 0.6 is 0 Å². The number of H-pyrrole nitrogens is 1. The van der Waals surface area contributed by atoms with Gasteiger partial charge >= 0.3 is 0 Å². The van der Waals surface area contributed by atoms with Gasteiger partial charge in [0, 0.05) is 68.1 Å². The maximum atomic E-state index is 5.56. The molecular weight excluding hydrogens is 378 g/mol. The molecule has 2 atom stereocenters. The van der Waals surface area contributed by atoms with Crippen molar-refractivity contribution in [3.8, 4) is 5.75 Å². The highest BCUT2D eigenvalue weighted by molar-refractivity contribution is 5.85. The van der Waals surface area contributed by atoms with Crippen LogP contribution in [0.4, 0.5) is 0 Å². The standard InChI is InChI=1S/C23H31N5O2/c1-4-28-12-16(19-9-18(30-3)7-8-21(19)28)10-27-11-17(14-29-2)20(13-27)23-24-22(25-26-23)15-5-6-15/h7-9,12,15,17,20H,4-6,10-11,13-14H2,1-3H3,(H,24,25,26)/t17-,20+/m0/s1. The van der Waals surface area contributed by atoms with Crippen molar-refractivity contribution in [2.45, 2.75) is 44.7 Å². The Morgan fingerprint density at radius 3 is 2.80 bits per heavy atom. The van der Waals surface area contributed by atoms with Crippen LogP contribution in [0.2, 0.25) is 0 Å². The Balaban J connectivity index is 1.39. The molecule has 2 aliphatic rings. The number of methoxy groups -OCH3 is 2. The van der Waals surface area contributed by atoms with Gasteiger partial charge in [0.25, 0.3) is 0 Å². The Labute approximate surface area is 177 Å². The highest BCUT2D eigenvalue weighted by Crippen LogP contribution is 2.39. The zero-order valence-corrected chi connectivity index (χ0v) is 18.1. The first kappa shape index (κ1) is 19.6. The molecule has 160 valence electrons. The van der Waals surface area contributed by atoms with E-state index < -0.39 is 0 Å². The Kier molecular flexibility index (Phi) is 5.25. The molecule has 1 aliphatic carbocycles. The quantitative estimate of drug-likeness (QED) is 0.616. The molecule has 0 unspecified atom stereocenters. The molecule has 0 amide bonds. The van der Waals surface area contributed by atoms with Gasteiger partial charge in [-0.15, -0.1) is 0 Å². The number of aromatic amines is 1.